The SMILES string of the molecule is Cc1c(-c2cc(C(C)C)c(O)c(C(C)C)c2C)cc(C(C)C)c(O)c1C(C)C. The summed E-state index contributed by atoms with van der Waals surface area (Å²) in [5, 5.41) is 21.9. The third kappa shape index (κ3) is 3.79. The highest BCUT2D eigenvalue weighted by molar-refractivity contribution is 5.78. The summed E-state index contributed by atoms with van der Waals surface area (Å²) in [5.41, 5.74) is 8.67. The van der Waals surface area contributed by atoms with Crippen molar-refractivity contribution in [2.75, 3.05) is 0 Å². The zero-order valence-electron chi connectivity index (χ0n) is 19.4. The summed E-state index contributed by atoms with van der Waals surface area (Å²) in [6, 6.07) is 4.32. The molecule has 0 saturated carbocycles. The second-order valence-electron chi connectivity index (χ2n) is 9.42. The first-order valence-electron chi connectivity index (χ1n) is 10.6. The summed E-state index contributed by atoms with van der Waals surface area (Å²) in [4.78, 5) is 0. The van der Waals surface area contributed by atoms with Gasteiger partial charge in [0, 0.05) is 11.1 Å². The van der Waals surface area contributed by atoms with Crippen molar-refractivity contribution >= 4 is 0 Å². The minimum atomic E-state index is 0.239. The Labute approximate surface area is 171 Å². The van der Waals surface area contributed by atoms with E-state index in [1.54, 1.807) is 0 Å². The van der Waals surface area contributed by atoms with E-state index in [9.17, 15) is 10.2 Å². The van der Waals surface area contributed by atoms with Gasteiger partial charge in [-0.3, -0.25) is 0 Å². The zero-order valence-corrected chi connectivity index (χ0v) is 19.4. The van der Waals surface area contributed by atoms with E-state index in [0.717, 1.165) is 33.4 Å². The van der Waals surface area contributed by atoms with Crippen LogP contribution in [0.3, 0.4) is 0 Å². The molecule has 28 heavy (non-hydrogen) atoms. The summed E-state index contributed by atoms with van der Waals surface area (Å²) in [6.07, 6.45) is 0. The Morgan fingerprint density at radius 3 is 1.04 bits per heavy atom. The molecule has 0 bridgehead atoms. The molecule has 0 aliphatic carbocycles. The fourth-order valence-corrected chi connectivity index (χ4v) is 4.47. The molecule has 2 aromatic carbocycles. The van der Waals surface area contributed by atoms with E-state index in [0.29, 0.717) is 11.5 Å². The van der Waals surface area contributed by atoms with Crippen LogP contribution in [0.2, 0.25) is 0 Å². The average molecular weight is 383 g/mol. The molecule has 2 aromatic rings. The van der Waals surface area contributed by atoms with Crippen LogP contribution in [0, 0.1) is 13.8 Å². The Bertz CT molecular complexity index is 797. The maximum absolute atomic E-state index is 10.9. The summed E-state index contributed by atoms with van der Waals surface area (Å²) in [5.74, 6) is 1.84. The lowest BCUT2D eigenvalue weighted by molar-refractivity contribution is 0.452. The van der Waals surface area contributed by atoms with Crippen molar-refractivity contribution in [1.82, 2.24) is 0 Å². The molecule has 154 valence electrons. The summed E-state index contributed by atoms with van der Waals surface area (Å²) in [7, 11) is 0. The van der Waals surface area contributed by atoms with E-state index in [1.807, 2.05) is 0 Å². The average Bonchev–Trinajstić information content (AvgIpc) is 2.54. The van der Waals surface area contributed by atoms with Crippen LogP contribution in [-0.2, 0) is 0 Å². The van der Waals surface area contributed by atoms with E-state index in [2.05, 4.69) is 81.4 Å². The smallest absolute Gasteiger partial charge is 0.122 e. The van der Waals surface area contributed by atoms with Gasteiger partial charge < -0.3 is 10.2 Å². The van der Waals surface area contributed by atoms with Crippen molar-refractivity contribution in [3.63, 3.8) is 0 Å². The molecule has 0 aliphatic rings. The molecular weight excluding hydrogens is 344 g/mol. The number of phenolic OH excluding ortho intramolecular Hbond substituents is 2. The second kappa shape index (κ2) is 8.19. The van der Waals surface area contributed by atoms with Crippen LogP contribution >= 0.6 is 0 Å². The van der Waals surface area contributed by atoms with E-state index >= 15 is 0 Å². The van der Waals surface area contributed by atoms with Crippen molar-refractivity contribution in [3.05, 3.63) is 45.5 Å². The van der Waals surface area contributed by atoms with Gasteiger partial charge in [-0.25, -0.2) is 0 Å². The number of phenols is 2. The van der Waals surface area contributed by atoms with Gasteiger partial charge in [0.2, 0.25) is 0 Å². The Hall–Kier alpha value is -1.96. The lowest BCUT2D eigenvalue weighted by atomic mass is 9.80. The van der Waals surface area contributed by atoms with Gasteiger partial charge in [-0.05, 0) is 83.0 Å². The topological polar surface area (TPSA) is 40.5 Å². The lowest BCUT2D eigenvalue weighted by Gasteiger charge is -2.25. The van der Waals surface area contributed by atoms with Gasteiger partial charge in [-0.2, -0.15) is 0 Å². The Balaban J connectivity index is 2.99. The first kappa shape index (κ1) is 22.3. The van der Waals surface area contributed by atoms with Crippen molar-refractivity contribution in [3.8, 4) is 22.6 Å². The van der Waals surface area contributed by atoms with Crippen LogP contribution in [0.4, 0.5) is 0 Å². The number of hydrogen-bond acceptors (Lipinski definition) is 2. The van der Waals surface area contributed by atoms with Gasteiger partial charge in [0.05, 0.1) is 0 Å². The van der Waals surface area contributed by atoms with Crippen LogP contribution in [0.5, 0.6) is 11.5 Å². The maximum Gasteiger partial charge on any atom is 0.122 e. The lowest BCUT2D eigenvalue weighted by Crippen LogP contribution is -2.05. The summed E-state index contributed by atoms with van der Waals surface area (Å²) < 4.78 is 0. The van der Waals surface area contributed by atoms with Gasteiger partial charge in [0.25, 0.3) is 0 Å². The molecule has 2 heteroatoms. The van der Waals surface area contributed by atoms with E-state index < -0.39 is 0 Å². The first-order valence-corrected chi connectivity index (χ1v) is 10.6. The molecule has 0 heterocycles. The third-order valence-corrected chi connectivity index (χ3v) is 5.96. The molecule has 0 aliphatic heterocycles. The third-order valence-electron chi connectivity index (χ3n) is 5.96. The number of benzene rings is 2. The van der Waals surface area contributed by atoms with Crippen LogP contribution in [0.15, 0.2) is 12.1 Å². The minimum Gasteiger partial charge on any atom is -0.507 e. The molecule has 2 N–H and O–H groups in total. The molecule has 0 aromatic heterocycles. The van der Waals surface area contributed by atoms with Crippen molar-refractivity contribution in [2.45, 2.75) is 92.9 Å². The number of aromatic hydroxyl groups is 2. The number of hydrogen-bond donors (Lipinski definition) is 2. The number of rotatable bonds is 5. The molecule has 0 radical (unpaired) electrons. The summed E-state index contributed by atoms with van der Waals surface area (Å²) >= 11 is 0. The van der Waals surface area contributed by atoms with E-state index in [4.69, 9.17) is 0 Å². The van der Waals surface area contributed by atoms with Crippen molar-refractivity contribution in [1.29, 1.82) is 0 Å². The van der Waals surface area contributed by atoms with Gasteiger partial charge in [0.1, 0.15) is 11.5 Å². The van der Waals surface area contributed by atoms with Gasteiger partial charge in [0.15, 0.2) is 0 Å². The highest BCUT2D eigenvalue weighted by atomic mass is 16.3. The quantitative estimate of drug-likeness (QED) is 0.552. The standard InChI is InChI=1S/C26H38O2/c1-13(2)19-11-21(17(9)23(15(5)6)25(19)27)22-12-20(14(3)4)26(28)24(16(7)8)18(22)10/h11-16,27-28H,1-10H3. The monoisotopic (exact) mass is 382 g/mol. The van der Waals surface area contributed by atoms with Crippen molar-refractivity contribution in [2.24, 2.45) is 0 Å². The molecular formula is C26H38O2. The minimum absolute atomic E-state index is 0.239. The van der Waals surface area contributed by atoms with Gasteiger partial charge >= 0.3 is 0 Å². The van der Waals surface area contributed by atoms with Gasteiger partial charge in [-0.1, -0.05) is 55.4 Å². The fourth-order valence-electron chi connectivity index (χ4n) is 4.47. The highest BCUT2D eigenvalue weighted by Gasteiger charge is 2.24. The molecule has 0 atom stereocenters. The maximum atomic E-state index is 10.9. The van der Waals surface area contributed by atoms with E-state index in [1.165, 1.54) is 11.1 Å². The molecule has 0 amide bonds. The molecule has 2 rings (SSSR count). The molecule has 0 saturated heterocycles. The van der Waals surface area contributed by atoms with Crippen LogP contribution in [0.1, 0.15) is 112 Å². The zero-order chi connectivity index (χ0) is 21.5. The predicted molar refractivity (Wildman–Crippen MR) is 121 cm³/mol. The molecule has 0 unspecified atom stereocenters. The van der Waals surface area contributed by atoms with Crippen LogP contribution in [0.25, 0.3) is 11.1 Å². The predicted octanol–water partition coefficient (Wildman–Crippen LogP) is 7.88. The second-order valence-corrected chi connectivity index (χ2v) is 9.42. The Morgan fingerprint density at radius 2 is 0.821 bits per heavy atom. The van der Waals surface area contributed by atoms with Crippen LogP contribution in [-0.4, -0.2) is 10.2 Å². The van der Waals surface area contributed by atoms with Crippen LogP contribution < -0.4 is 0 Å². The van der Waals surface area contributed by atoms with E-state index in [-0.39, 0.29) is 23.7 Å². The largest absolute Gasteiger partial charge is 0.507 e. The Morgan fingerprint density at radius 1 is 0.536 bits per heavy atom. The normalized spacial score (nSPS) is 12.1. The molecule has 0 spiro atoms. The van der Waals surface area contributed by atoms with Gasteiger partial charge in [-0.15, -0.1) is 0 Å². The van der Waals surface area contributed by atoms with Crippen molar-refractivity contribution < 1.29 is 10.2 Å². The first-order chi connectivity index (χ1) is 12.9. The molecule has 0 fully saturated rings. The fraction of sp³-hybridized carbons (Fsp3) is 0.538. The molecule has 2 nitrogen and oxygen atoms in total. The summed E-state index contributed by atoms with van der Waals surface area (Å²) in [6.45, 7) is 21.3. The highest BCUT2D eigenvalue weighted by Crippen LogP contribution is 2.46. The Kier molecular flexibility index (Phi) is 6.53.